The number of hydrogen-bond donors (Lipinski definition) is 0. The molecule has 1 aliphatic rings. The minimum Gasteiger partial charge on any atom is -0.374 e. The number of rotatable bonds is 0. The standard InChI is InChI=1S/C4H7NO/c1-3-6-4-2-5-1/h1H,2-4H2/i4D. The molecule has 0 saturated carbocycles. The van der Waals surface area contributed by atoms with Crippen molar-refractivity contribution in [3.8, 4) is 0 Å². The molecule has 2 nitrogen and oxygen atoms in total. The molecular formula is C4H7NO. The largest absolute Gasteiger partial charge is 0.374 e. The Labute approximate surface area is 38.2 Å². The molecule has 0 aromatic carbocycles. The summed E-state index contributed by atoms with van der Waals surface area (Å²) in [6, 6.07) is 0. The lowest BCUT2D eigenvalue weighted by atomic mass is 10.6. The molecule has 1 rings (SSSR count). The van der Waals surface area contributed by atoms with Gasteiger partial charge in [0, 0.05) is 6.21 Å². The highest BCUT2D eigenvalue weighted by Crippen LogP contribution is 1.79. The summed E-state index contributed by atoms with van der Waals surface area (Å²) in [7, 11) is 0. The van der Waals surface area contributed by atoms with Gasteiger partial charge in [-0.3, -0.25) is 4.99 Å². The Bertz CT molecular complexity index is 83.8. The van der Waals surface area contributed by atoms with Crippen LogP contribution >= 0.6 is 0 Å². The Balaban J connectivity index is 2.32. The van der Waals surface area contributed by atoms with Crippen LogP contribution in [0.1, 0.15) is 1.37 Å². The zero-order chi connectivity index (χ0) is 5.11. The van der Waals surface area contributed by atoms with Gasteiger partial charge in [-0.25, -0.2) is 0 Å². The molecule has 34 valence electrons. The highest BCUT2D eigenvalue weighted by Gasteiger charge is 1.86. The van der Waals surface area contributed by atoms with E-state index in [0.29, 0.717) is 13.2 Å². The van der Waals surface area contributed by atoms with Crippen LogP contribution in [-0.2, 0) is 4.74 Å². The monoisotopic (exact) mass is 86.1 g/mol. The molecule has 0 radical (unpaired) electrons. The van der Waals surface area contributed by atoms with Crippen LogP contribution < -0.4 is 0 Å². The second-order valence-corrected chi connectivity index (χ2v) is 1.05. The molecule has 1 unspecified atom stereocenters. The van der Waals surface area contributed by atoms with Crippen molar-refractivity contribution in [2.75, 3.05) is 19.7 Å². The molecule has 1 atom stereocenters. The highest BCUT2D eigenvalue weighted by atomic mass is 16.5. The number of aliphatic imine (C=N–C) groups is 1. The molecule has 0 amide bonds. The summed E-state index contributed by atoms with van der Waals surface area (Å²) in [5.41, 5.74) is 0. The zero-order valence-electron chi connectivity index (χ0n) is 4.42. The van der Waals surface area contributed by atoms with Crippen molar-refractivity contribution >= 4 is 6.21 Å². The summed E-state index contributed by atoms with van der Waals surface area (Å²) < 4.78 is 11.7. The van der Waals surface area contributed by atoms with Gasteiger partial charge in [0.15, 0.2) is 0 Å². The molecule has 0 aromatic heterocycles. The van der Waals surface area contributed by atoms with E-state index in [4.69, 9.17) is 6.11 Å². The third-order valence-electron chi connectivity index (χ3n) is 0.598. The molecule has 6 heavy (non-hydrogen) atoms. The molecule has 0 aromatic rings. The smallest absolute Gasteiger partial charge is 0.0815 e. The minimum atomic E-state index is -0.412. The predicted molar refractivity (Wildman–Crippen MR) is 24.2 cm³/mol. The first-order valence-electron chi connectivity index (χ1n) is 2.49. The SMILES string of the molecule is [2H]C1CN=CCO1. The van der Waals surface area contributed by atoms with Gasteiger partial charge in [0.25, 0.3) is 0 Å². The van der Waals surface area contributed by atoms with Crippen LogP contribution in [0.4, 0.5) is 0 Å². The Morgan fingerprint density at radius 1 is 2.00 bits per heavy atom. The average Bonchev–Trinajstić information content (AvgIpc) is 1.69. The van der Waals surface area contributed by atoms with E-state index >= 15 is 0 Å². The summed E-state index contributed by atoms with van der Waals surface area (Å²) in [5, 5.41) is 0. The lowest BCUT2D eigenvalue weighted by molar-refractivity contribution is 0.174. The molecular weight excluding hydrogens is 78.0 g/mol. The van der Waals surface area contributed by atoms with Crippen LogP contribution in [0.25, 0.3) is 0 Å². The predicted octanol–water partition coefficient (Wildman–Crippen LogP) is 0.0874. The minimum absolute atomic E-state index is 0.412. The van der Waals surface area contributed by atoms with Crippen LogP contribution in [0.5, 0.6) is 0 Å². The van der Waals surface area contributed by atoms with Crippen molar-refractivity contribution < 1.29 is 6.11 Å². The fourth-order valence-electron chi connectivity index (χ4n) is 0.334. The fraction of sp³-hybridized carbons (Fsp3) is 0.750. The molecule has 0 aliphatic carbocycles. The van der Waals surface area contributed by atoms with E-state index in [0.717, 1.165) is 0 Å². The summed E-state index contributed by atoms with van der Waals surface area (Å²) in [6.45, 7) is 0.596. The van der Waals surface area contributed by atoms with Crippen LogP contribution in [0.3, 0.4) is 0 Å². The Kier molecular flexibility index (Phi) is 0.881. The van der Waals surface area contributed by atoms with Gasteiger partial charge in [0.1, 0.15) is 0 Å². The Morgan fingerprint density at radius 2 is 3.00 bits per heavy atom. The third-order valence-corrected chi connectivity index (χ3v) is 0.598. The van der Waals surface area contributed by atoms with E-state index in [1.165, 1.54) is 0 Å². The van der Waals surface area contributed by atoms with E-state index in [-0.39, 0.29) is 0 Å². The maximum absolute atomic E-state index is 6.94. The second kappa shape index (κ2) is 1.92. The van der Waals surface area contributed by atoms with Gasteiger partial charge in [-0.05, 0) is 0 Å². The maximum atomic E-state index is 6.94. The number of hydrogen-bond acceptors (Lipinski definition) is 2. The van der Waals surface area contributed by atoms with Crippen LogP contribution in [0.15, 0.2) is 4.99 Å². The van der Waals surface area contributed by atoms with Crippen molar-refractivity contribution in [3.05, 3.63) is 0 Å². The van der Waals surface area contributed by atoms with Crippen molar-refractivity contribution in [2.45, 2.75) is 0 Å². The lowest BCUT2D eigenvalue weighted by Gasteiger charge is -2.00. The maximum Gasteiger partial charge on any atom is 0.0815 e. The average molecular weight is 86.1 g/mol. The van der Waals surface area contributed by atoms with Gasteiger partial charge in [0.05, 0.1) is 21.1 Å². The van der Waals surface area contributed by atoms with Crippen LogP contribution in [0.2, 0.25) is 0 Å². The summed E-state index contributed by atoms with van der Waals surface area (Å²) in [4.78, 5) is 3.82. The van der Waals surface area contributed by atoms with E-state index in [1.54, 1.807) is 6.21 Å². The lowest BCUT2D eigenvalue weighted by Crippen LogP contribution is -2.06. The van der Waals surface area contributed by atoms with Gasteiger partial charge in [-0.15, -0.1) is 0 Å². The van der Waals surface area contributed by atoms with Crippen LogP contribution in [-0.4, -0.2) is 25.9 Å². The number of nitrogens with zero attached hydrogens (tertiary/aromatic N) is 1. The fourth-order valence-corrected chi connectivity index (χ4v) is 0.334. The van der Waals surface area contributed by atoms with Gasteiger partial charge in [-0.2, -0.15) is 0 Å². The van der Waals surface area contributed by atoms with E-state index in [2.05, 4.69) is 4.99 Å². The molecule has 0 saturated heterocycles. The molecule has 2 heteroatoms. The first-order valence-corrected chi connectivity index (χ1v) is 1.92. The molecule has 0 bridgehead atoms. The normalized spacial score (nSPS) is 36.0. The van der Waals surface area contributed by atoms with Crippen molar-refractivity contribution in [3.63, 3.8) is 0 Å². The Morgan fingerprint density at radius 3 is 3.33 bits per heavy atom. The van der Waals surface area contributed by atoms with E-state index in [9.17, 15) is 0 Å². The molecule has 1 aliphatic heterocycles. The first kappa shape index (κ1) is 2.75. The quantitative estimate of drug-likeness (QED) is 0.409. The summed E-state index contributed by atoms with van der Waals surface area (Å²) >= 11 is 0. The van der Waals surface area contributed by atoms with Crippen LogP contribution in [0, 0.1) is 0 Å². The van der Waals surface area contributed by atoms with Gasteiger partial charge < -0.3 is 4.74 Å². The summed E-state index contributed by atoms with van der Waals surface area (Å²) in [6.07, 6.45) is 1.69. The van der Waals surface area contributed by atoms with Gasteiger partial charge >= 0.3 is 0 Å². The molecule has 1 heterocycles. The topological polar surface area (TPSA) is 21.6 Å². The van der Waals surface area contributed by atoms with Crippen molar-refractivity contribution in [1.29, 1.82) is 0 Å². The Hall–Kier alpha value is -0.370. The van der Waals surface area contributed by atoms with Gasteiger partial charge in [0.2, 0.25) is 0 Å². The van der Waals surface area contributed by atoms with Crippen molar-refractivity contribution in [1.82, 2.24) is 0 Å². The third kappa shape index (κ3) is 0.792. The van der Waals surface area contributed by atoms with E-state index in [1.807, 2.05) is 0 Å². The van der Waals surface area contributed by atoms with Gasteiger partial charge in [-0.1, -0.05) is 0 Å². The van der Waals surface area contributed by atoms with E-state index < -0.39 is 6.58 Å². The first-order chi connectivity index (χ1) is 3.39. The second-order valence-electron chi connectivity index (χ2n) is 1.05. The molecule has 0 N–H and O–H groups in total. The highest BCUT2D eigenvalue weighted by molar-refractivity contribution is 5.58. The number of ether oxygens (including phenoxy) is 1. The zero-order valence-corrected chi connectivity index (χ0v) is 3.42. The summed E-state index contributed by atoms with van der Waals surface area (Å²) in [5.74, 6) is 0. The molecule has 0 fully saturated rings. The molecule has 0 spiro atoms. The van der Waals surface area contributed by atoms with Crippen molar-refractivity contribution in [2.24, 2.45) is 4.99 Å².